The van der Waals surface area contributed by atoms with Crippen LogP contribution < -0.4 is 10.2 Å². The van der Waals surface area contributed by atoms with Crippen molar-refractivity contribution in [3.63, 3.8) is 0 Å². The normalized spacial score (nSPS) is 13.9. The summed E-state index contributed by atoms with van der Waals surface area (Å²) in [5.41, 5.74) is 0. The van der Waals surface area contributed by atoms with Crippen molar-refractivity contribution in [2.45, 2.75) is 367 Å². The van der Waals surface area contributed by atoms with Crippen LogP contribution in [0.3, 0.4) is 0 Å². The maximum Gasteiger partial charge on any atom is 0.306 e. The van der Waals surface area contributed by atoms with E-state index in [2.05, 4.69) is 86.8 Å². The highest BCUT2D eigenvalue weighted by atomic mass is 31.2. The molecule has 9 nitrogen and oxygen atoms in total. The molecule has 3 unspecified atom stereocenters. The molecule has 0 rings (SSSR count). The second-order valence-electron chi connectivity index (χ2n) is 26.4. The second kappa shape index (κ2) is 66.4. The predicted octanol–water partition coefficient (Wildman–Crippen LogP) is 23.3. The number of carbonyl (C=O) groups excluding carboxylic acids is 2. The summed E-state index contributed by atoms with van der Waals surface area (Å²) in [4.78, 5) is 40.2. The van der Waals surface area contributed by atoms with Crippen LogP contribution in [-0.4, -0.2) is 69.4 Å². The molecule has 0 aliphatic carbocycles. The molecular formula is C77H143N2O7P. The number of carbonyl (C=O) groups is 2. The number of ether oxygens (including phenoxy) is 1. The Hall–Kier alpha value is -2.55. The minimum atomic E-state index is -4.71. The summed E-state index contributed by atoms with van der Waals surface area (Å²) in [6.07, 6.45) is 87.5. The number of hydrogen-bond acceptors (Lipinski definition) is 7. The fourth-order valence-electron chi connectivity index (χ4n) is 10.9. The summed E-state index contributed by atoms with van der Waals surface area (Å²) in [5, 5.41) is 3.05. The molecule has 1 amide bonds. The summed E-state index contributed by atoms with van der Waals surface area (Å²) in [5.74, 6) is -0.531. The van der Waals surface area contributed by atoms with E-state index in [1.54, 1.807) is 0 Å². The largest absolute Gasteiger partial charge is 0.756 e. The van der Waals surface area contributed by atoms with Gasteiger partial charge in [0.25, 0.3) is 7.82 Å². The molecule has 0 aliphatic heterocycles. The minimum absolute atomic E-state index is 0.0229. The summed E-state index contributed by atoms with van der Waals surface area (Å²) < 4.78 is 30.5. The molecule has 0 aromatic rings. The molecule has 0 aliphatic rings. The Labute approximate surface area is 540 Å². The molecule has 0 radical (unpaired) electrons. The maximum absolute atomic E-state index is 13.6. The lowest BCUT2D eigenvalue weighted by Crippen LogP contribution is -2.47. The molecule has 87 heavy (non-hydrogen) atoms. The van der Waals surface area contributed by atoms with E-state index in [0.717, 1.165) is 77.0 Å². The van der Waals surface area contributed by atoms with Gasteiger partial charge in [-0.25, -0.2) is 0 Å². The summed E-state index contributed by atoms with van der Waals surface area (Å²) >= 11 is 0. The van der Waals surface area contributed by atoms with Gasteiger partial charge in [0, 0.05) is 12.8 Å². The molecule has 0 heterocycles. The average Bonchev–Trinajstić information content (AvgIpc) is 3.70. The van der Waals surface area contributed by atoms with E-state index in [1.165, 1.54) is 244 Å². The number of phosphoric ester groups is 1. The number of unbranched alkanes of at least 4 members (excludes halogenated alkanes) is 42. The first-order valence-electron chi connectivity index (χ1n) is 37.2. The number of esters is 1. The van der Waals surface area contributed by atoms with Crippen molar-refractivity contribution < 1.29 is 37.3 Å². The van der Waals surface area contributed by atoms with Crippen molar-refractivity contribution in [3.05, 3.63) is 72.9 Å². The van der Waals surface area contributed by atoms with Crippen LogP contribution in [-0.2, 0) is 27.9 Å². The Morgan fingerprint density at radius 3 is 1.07 bits per heavy atom. The third-order valence-electron chi connectivity index (χ3n) is 16.6. The minimum Gasteiger partial charge on any atom is -0.756 e. The van der Waals surface area contributed by atoms with Crippen molar-refractivity contribution in [2.75, 3.05) is 40.9 Å². The molecule has 0 saturated heterocycles. The number of amides is 1. The monoisotopic (exact) mass is 1240 g/mol. The van der Waals surface area contributed by atoms with Crippen LogP contribution in [0.15, 0.2) is 72.9 Å². The zero-order chi connectivity index (χ0) is 63.5. The van der Waals surface area contributed by atoms with Gasteiger partial charge in [-0.1, -0.05) is 312 Å². The number of nitrogens with one attached hydrogen (secondary N) is 1. The van der Waals surface area contributed by atoms with Crippen molar-refractivity contribution >= 4 is 19.7 Å². The van der Waals surface area contributed by atoms with Gasteiger partial charge in [-0.3, -0.25) is 14.2 Å². The second-order valence-corrected chi connectivity index (χ2v) is 27.9. The number of nitrogens with zero attached hydrogens (tertiary/aromatic N) is 1. The maximum atomic E-state index is 13.6. The summed E-state index contributed by atoms with van der Waals surface area (Å²) in [7, 11) is 1.19. The van der Waals surface area contributed by atoms with Crippen LogP contribution in [0.2, 0.25) is 0 Å². The molecule has 0 fully saturated rings. The first kappa shape index (κ1) is 84.5. The van der Waals surface area contributed by atoms with Gasteiger partial charge in [0.15, 0.2) is 0 Å². The van der Waals surface area contributed by atoms with Gasteiger partial charge in [-0.15, -0.1) is 0 Å². The number of rotatable bonds is 68. The molecule has 0 bridgehead atoms. The van der Waals surface area contributed by atoms with E-state index < -0.39 is 20.0 Å². The van der Waals surface area contributed by atoms with Crippen molar-refractivity contribution in [3.8, 4) is 0 Å². The Morgan fingerprint density at radius 2 is 0.701 bits per heavy atom. The zero-order valence-electron chi connectivity index (χ0n) is 58.2. The molecule has 0 aromatic carbocycles. The van der Waals surface area contributed by atoms with E-state index >= 15 is 0 Å². The van der Waals surface area contributed by atoms with E-state index in [4.69, 9.17) is 13.8 Å². The highest BCUT2D eigenvalue weighted by Gasteiger charge is 2.27. The van der Waals surface area contributed by atoms with Gasteiger partial charge in [0.1, 0.15) is 19.3 Å². The summed E-state index contributed by atoms with van der Waals surface area (Å²) in [6, 6.07) is -0.891. The third-order valence-corrected chi connectivity index (χ3v) is 17.6. The van der Waals surface area contributed by atoms with Gasteiger partial charge < -0.3 is 28.5 Å². The van der Waals surface area contributed by atoms with Crippen LogP contribution in [0.1, 0.15) is 355 Å². The molecule has 10 heteroatoms. The molecule has 1 N–H and O–H groups in total. The molecule has 3 atom stereocenters. The topological polar surface area (TPSA) is 114 Å². The Kier molecular flexibility index (Phi) is 64.4. The number of phosphoric acid groups is 1. The van der Waals surface area contributed by atoms with Crippen LogP contribution in [0.25, 0.3) is 0 Å². The molecule has 0 saturated carbocycles. The van der Waals surface area contributed by atoms with E-state index in [0.29, 0.717) is 17.4 Å². The van der Waals surface area contributed by atoms with Crippen LogP contribution in [0.5, 0.6) is 0 Å². The van der Waals surface area contributed by atoms with Gasteiger partial charge >= 0.3 is 5.97 Å². The number of likely N-dealkylation sites (N-methyl/N-ethyl adjacent to an activating group) is 1. The van der Waals surface area contributed by atoms with Gasteiger partial charge in [-0.05, 0) is 102 Å². The molecule has 508 valence electrons. The lowest BCUT2D eigenvalue weighted by molar-refractivity contribution is -0.870. The third kappa shape index (κ3) is 67.7. The Morgan fingerprint density at radius 1 is 0.402 bits per heavy atom. The smallest absolute Gasteiger partial charge is 0.306 e. The Bertz CT molecular complexity index is 1720. The van der Waals surface area contributed by atoms with E-state index in [1.807, 2.05) is 33.3 Å². The highest BCUT2D eigenvalue weighted by Crippen LogP contribution is 2.38. The fourth-order valence-corrected chi connectivity index (χ4v) is 11.6. The van der Waals surface area contributed by atoms with Crippen LogP contribution in [0, 0.1) is 0 Å². The first-order valence-corrected chi connectivity index (χ1v) is 38.7. The van der Waals surface area contributed by atoms with E-state index in [-0.39, 0.29) is 31.5 Å². The van der Waals surface area contributed by atoms with Crippen molar-refractivity contribution in [2.24, 2.45) is 0 Å². The molecular weight excluding hydrogens is 1100 g/mol. The van der Waals surface area contributed by atoms with Crippen LogP contribution >= 0.6 is 7.82 Å². The molecule has 0 spiro atoms. The van der Waals surface area contributed by atoms with E-state index in [9.17, 15) is 19.0 Å². The van der Waals surface area contributed by atoms with Gasteiger partial charge in [0.2, 0.25) is 5.91 Å². The molecule has 0 aromatic heterocycles. The lowest BCUT2D eigenvalue weighted by Gasteiger charge is -2.30. The first-order chi connectivity index (χ1) is 42.4. The van der Waals surface area contributed by atoms with Gasteiger partial charge in [-0.2, -0.15) is 0 Å². The average molecular weight is 1240 g/mol. The zero-order valence-corrected chi connectivity index (χ0v) is 59.1. The quantitative estimate of drug-likeness (QED) is 0.0212. The predicted molar refractivity (Wildman–Crippen MR) is 376 cm³/mol. The Balaban J connectivity index is 4.94. The SMILES string of the molecule is CCCCC/C=C\C/C=C\C/C=C\CCCCCCCCCCCCCCCCC(=O)NC(COP(=O)([O-])OCC[N+](C)(C)C)C(/C=C\CCCCCCCCCCC)OC(=O)CCCCCCCCCCCCCCC/C=C\C/C=C\CCCCC. The standard InChI is InChI=1S/C77H143N2O7P/c1-7-10-13-16-19-22-25-27-29-31-33-35-37-38-39-40-42-43-45-47-49-51-54-57-60-63-66-69-76(80)78-74(73-85-87(82,83)84-72-71-79(4,5)6)75(68-65-62-59-56-53-24-21-18-15-12-9-3)86-77(81)70-67-64-61-58-55-52-50-48-46-44-41-36-34-32-30-28-26-23-20-17-14-11-8-2/h19-20,22-23,27-30,33,35,65,68,74-75H,7-18,21,24-26,31-32,34,36-64,66-67,69-73H2,1-6H3,(H-,78,80,82,83)/b22-19-,23-20-,29-27-,30-28-,35-33-,68-65-. The fraction of sp³-hybridized carbons (Fsp3) is 0.818. The number of hydrogen-bond donors (Lipinski definition) is 1. The highest BCUT2D eigenvalue weighted by molar-refractivity contribution is 7.45. The van der Waals surface area contributed by atoms with Crippen LogP contribution in [0.4, 0.5) is 0 Å². The summed E-state index contributed by atoms with van der Waals surface area (Å²) in [6.45, 7) is 6.83. The lowest BCUT2D eigenvalue weighted by atomic mass is 10.0. The van der Waals surface area contributed by atoms with Gasteiger partial charge in [0.05, 0.1) is 33.8 Å². The van der Waals surface area contributed by atoms with Crippen molar-refractivity contribution in [1.29, 1.82) is 0 Å². The number of allylic oxidation sites excluding steroid dienone is 11. The van der Waals surface area contributed by atoms with Crippen molar-refractivity contribution in [1.82, 2.24) is 5.32 Å². The number of quaternary nitrogens is 1.